The van der Waals surface area contributed by atoms with E-state index < -0.39 is 11.9 Å². The Kier molecular flexibility index (Phi) is 4.87. The summed E-state index contributed by atoms with van der Waals surface area (Å²) >= 11 is 6.11. The number of carbonyl (C=O) groups excluding carboxylic acids is 2. The van der Waals surface area contributed by atoms with E-state index in [2.05, 4.69) is 0 Å². The van der Waals surface area contributed by atoms with E-state index >= 15 is 0 Å². The van der Waals surface area contributed by atoms with E-state index in [0.717, 1.165) is 0 Å². The van der Waals surface area contributed by atoms with Crippen LogP contribution in [0, 0.1) is 0 Å². The van der Waals surface area contributed by atoms with Gasteiger partial charge in [-0.3, -0.25) is 9.59 Å². The van der Waals surface area contributed by atoms with Crippen molar-refractivity contribution in [3.63, 3.8) is 0 Å². The largest absolute Gasteiger partial charge is 0.506 e. The molecular weight excluding hydrogens is 432 g/mol. The number of para-hydroxylation sites is 1. The van der Waals surface area contributed by atoms with Gasteiger partial charge in [-0.1, -0.05) is 35.9 Å². The predicted octanol–water partition coefficient (Wildman–Crippen LogP) is 5.11. The van der Waals surface area contributed by atoms with Crippen molar-refractivity contribution < 1.29 is 28.9 Å². The van der Waals surface area contributed by atoms with Crippen molar-refractivity contribution in [3.05, 3.63) is 87.6 Å². The van der Waals surface area contributed by atoms with Crippen LogP contribution in [-0.4, -0.2) is 24.0 Å². The number of halogens is 1. The number of benzene rings is 3. The maximum atomic E-state index is 13.1. The summed E-state index contributed by atoms with van der Waals surface area (Å²) in [6.07, 6.45) is 1.68. The third kappa shape index (κ3) is 3.29. The van der Waals surface area contributed by atoms with Crippen molar-refractivity contribution in [1.29, 1.82) is 0 Å². The van der Waals surface area contributed by atoms with Crippen LogP contribution in [-0.2, 0) is 4.79 Å². The number of aromatic hydroxyl groups is 1. The number of carbonyl (C=O) groups is 2. The minimum atomic E-state index is -0.447. The van der Waals surface area contributed by atoms with Crippen molar-refractivity contribution in [2.24, 2.45) is 0 Å². The van der Waals surface area contributed by atoms with Gasteiger partial charge in [0.25, 0.3) is 0 Å². The average molecular weight is 449 g/mol. The number of phenolic OH excluding ortho intramolecular Hbond substituents is 1. The van der Waals surface area contributed by atoms with Gasteiger partial charge in [-0.15, -0.1) is 0 Å². The molecule has 7 heteroatoms. The Bertz CT molecular complexity index is 1310. The second-order valence-corrected chi connectivity index (χ2v) is 7.88. The molecule has 0 aromatic heterocycles. The molecular formula is C25H17ClO6. The number of methoxy groups -OCH3 is 1. The van der Waals surface area contributed by atoms with Crippen molar-refractivity contribution in [1.82, 2.24) is 0 Å². The van der Waals surface area contributed by atoms with Gasteiger partial charge >= 0.3 is 5.97 Å². The van der Waals surface area contributed by atoms with E-state index in [4.69, 9.17) is 25.8 Å². The first-order valence-corrected chi connectivity index (χ1v) is 10.3. The number of hydrogen-bond donors (Lipinski definition) is 1. The van der Waals surface area contributed by atoms with Crippen molar-refractivity contribution in [3.8, 4) is 23.0 Å². The van der Waals surface area contributed by atoms with Gasteiger partial charge in [0.05, 0.1) is 24.1 Å². The molecule has 3 aromatic rings. The highest BCUT2D eigenvalue weighted by atomic mass is 35.5. The molecule has 6 nitrogen and oxygen atoms in total. The maximum absolute atomic E-state index is 13.1. The zero-order valence-corrected chi connectivity index (χ0v) is 17.7. The van der Waals surface area contributed by atoms with E-state index in [1.54, 1.807) is 43.5 Å². The molecule has 2 aliphatic rings. The van der Waals surface area contributed by atoms with Crippen LogP contribution in [0.4, 0.5) is 0 Å². The van der Waals surface area contributed by atoms with Gasteiger partial charge in [0.1, 0.15) is 23.0 Å². The van der Waals surface area contributed by atoms with Crippen molar-refractivity contribution in [2.75, 3.05) is 7.11 Å². The zero-order chi connectivity index (χ0) is 22.4. The fourth-order valence-corrected chi connectivity index (χ4v) is 4.25. The van der Waals surface area contributed by atoms with Crippen LogP contribution in [0.1, 0.15) is 39.4 Å². The fourth-order valence-electron chi connectivity index (χ4n) is 4.06. The minimum absolute atomic E-state index is 0.0493. The molecule has 2 heterocycles. The van der Waals surface area contributed by atoms with Crippen LogP contribution in [0.15, 0.2) is 60.4 Å². The van der Waals surface area contributed by atoms with E-state index in [9.17, 15) is 14.7 Å². The zero-order valence-electron chi connectivity index (χ0n) is 16.9. The molecule has 0 spiro atoms. The van der Waals surface area contributed by atoms with Crippen LogP contribution in [0.25, 0.3) is 6.08 Å². The summed E-state index contributed by atoms with van der Waals surface area (Å²) in [6, 6.07) is 15.3. The van der Waals surface area contributed by atoms with E-state index in [0.29, 0.717) is 39.5 Å². The summed E-state index contributed by atoms with van der Waals surface area (Å²) in [5.74, 6) is 0.278. The molecule has 1 atom stereocenters. The number of allylic oxidation sites excluding steroid dienone is 1. The molecule has 2 aliphatic heterocycles. The second kappa shape index (κ2) is 7.73. The fraction of sp³-hybridized carbons (Fsp3) is 0.120. The summed E-state index contributed by atoms with van der Waals surface area (Å²) in [5.41, 5.74) is 2.39. The van der Waals surface area contributed by atoms with E-state index in [-0.39, 0.29) is 28.7 Å². The van der Waals surface area contributed by atoms with Crippen LogP contribution in [0.3, 0.4) is 0 Å². The van der Waals surface area contributed by atoms with Crippen LogP contribution in [0.2, 0.25) is 5.02 Å². The van der Waals surface area contributed by atoms with Gasteiger partial charge in [-0.2, -0.15) is 0 Å². The molecule has 3 aromatic carbocycles. The Morgan fingerprint density at radius 3 is 2.69 bits per heavy atom. The summed E-state index contributed by atoms with van der Waals surface area (Å²) in [5, 5.41) is 9.96. The highest BCUT2D eigenvalue weighted by Crippen LogP contribution is 2.49. The lowest BCUT2D eigenvalue weighted by molar-refractivity contribution is -0.135. The van der Waals surface area contributed by atoms with Gasteiger partial charge < -0.3 is 19.3 Å². The van der Waals surface area contributed by atoms with Gasteiger partial charge in [0.2, 0.25) is 5.78 Å². The Balaban J connectivity index is 1.62. The van der Waals surface area contributed by atoms with Crippen LogP contribution >= 0.6 is 11.6 Å². The summed E-state index contributed by atoms with van der Waals surface area (Å²) in [6.45, 7) is 0. The third-order valence-electron chi connectivity index (χ3n) is 5.58. The van der Waals surface area contributed by atoms with Crippen molar-refractivity contribution in [2.45, 2.75) is 12.3 Å². The molecule has 0 radical (unpaired) electrons. The number of esters is 1. The van der Waals surface area contributed by atoms with Crippen molar-refractivity contribution >= 4 is 29.4 Å². The van der Waals surface area contributed by atoms with E-state index in [1.165, 1.54) is 6.07 Å². The Morgan fingerprint density at radius 1 is 1.09 bits per heavy atom. The third-order valence-corrected chi connectivity index (χ3v) is 5.88. The van der Waals surface area contributed by atoms with Crippen LogP contribution < -0.4 is 14.2 Å². The molecule has 0 amide bonds. The lowest BCUT2D eigenvalue weighted by atomic mass is 9.84. The standard InChI is InChI=1S/C25H17ClO6/c1-30-19-5-3-2-4-14(19)11-21-24(29)15-7-9-20-23(25(15)32-21)16(12-22(28)31-20)13-6-8-18(27)17(26)10-13/h2-11,16,27H,12H2,1H3/b21-11-/t16-/m1/s1. The average Bonchev–Trinajstić information content (AvgIpc) is 3.10. The van der Waals surface area contributed by atoms with Gasteiger partial charge in [-0.05, 0) is 42.0 Å². The molecule has 0 saturated carbocycles. The Morgan fingerprint density at radius 2 is 1.91 bits per heavy atom. The number of hydrogen-bond acceptors (Lipinski definition) is 6. The van der Waals surface area contributed by atoms with Gasteiger partial charge in [0, 0.05) is 17.0 Å². The van der Waals surface area contributed by atoms with Gasteiger partial charge in [0.15, 0.2) is 5.76 Å². The Labute approximate surface area is 188 Å². The number of ketones is 1. The van der Waals surface area contributed by atoms with Crippen LogP contribution in [0.5, 0.6) is 23.0 Å². The normalized spacial score (nSPS) is 18.1. The first kappa shape index (κ1) is 20.2. The lowest BCUT2D eigenvalue weighted by Crippen LogP contribution is -2.21. The monoisotopic (exact) mass is 448 g/mol. The van der Waals surface area contributed by atoms with E-state index in [1.807, 2.05) is 18.2 Å². The molecule has 0 fully saturated rings. The second-order valence-electron chi connectivity index (χ2n) is 7.48. The number of ether oxygens (including phenoxy) is 3. The number of fused-ring (bicyclic) bond motifs is 3. The highest BCUT2D eigenvalue weighted by Gasteiger charge is 2.38. The lowest BCUT2D eigenvalue weighted by Gasteiger charge is -2.26. The molecule has 0 aliphatic carbocycles. The maximum Gasteiger partial charge on any atom is 0.312 e. The molecule has 0 bridgehead atoms. The molecule has 0 unspecified atom stereocenters. The smallest absolute Gasteiger partial charge is 0.312 e. The quantitative estimate of drug-likeness (QED) is 0.340. The summed E-state index contributed by atoms with van der Waals surface area (Å²) in [7, 11) is 1.56. The first-order valence-electron chi connectivity index (χ1n) is 9.89. The highest BCUT2D eigenvalue weighted by molar-refractivity contribution is 6.32. The SMILES string of the molecule is COc1ccccc1/C=C1\Oc2c(ccc3c2[C@@H](c2ccc(O)c(Cl)c2)CC(=O)O3)C1=O. The van der Waals surface area contributed by atoms with Gasteiger partial charge in [-0.25, -0.2) is 0 Å². The number of rotatable bonds is 3. The summed E-state index contributed by atoms with van der Waals surface area (Å²) in [4.78, 5) is 25.4. The molecule has 1 N–H and O–H groups in total. The predicted molar refractivity (Wildman–Crippen MR) is 118 cm³/mol. The Hall–Kier alpha value is -3.77. The summed E-state index contributed by atoms with van der Waals surface area (Å²) < 4.78 is 16.8. The topological polar surface area (TPSA) is 82.1 Å². The molecule has 32 heavy (non-hydrogen) atoms. The number of Topliss-reactive ketones (excluding diaryl/α,β-unsaturated/α-hetero) is 1. The number of phenols is 1. The first-order chi connectivity index (χ1) is 15.5. The molecule has 160 valence electrons. The minimum Gasteiger partial charge on any atom is -0.506 e. The molecule has 5 rings (SSSR count). The molecule has 0 saturated heterocycles.